The quantitative estimate of drug-likeness (QED) is 0.616. The van der Waals surface area contributed by atoms with Gasteiger partial charge in [0.15, 0.2) is 0 Å². The molecule has 24 heavy (non-hydrogen) atoms. The molecule has 140 valence electrons. The van der Waals surface area contributed by atoms with Gasteiger partial charge in [-0.15, -0.1) is 0 Å². The van der Waals surface area contributed by atoms with Gasteiger partial charge in [-0.1, -0.05) is 47.0 Å². The number of piperidine rings is 1. The van der Waals surface area contributed by atoms with Crippen molar-refractivity contribution < 1.29 is 4.79 Å². The highest BCUT2D eigenvalue weighted by molar-refractivity contribution is 5.78. The van der Waals surface area contributed by atoms with Gasteiger partial charge in [0.2, 0.25) is 5.91 Å². The van der Waals surface area contributed by atoms with Crippen molar-refractivity contribution in [2.75, 3.05) is 32.7 Å². The second-order valence-corrected chi connectivity index (χ2v) is 8.73. The highest BCUT2D eigenvalue weighted by Crippen LogP contribution is 2.40. The van der Waals surface area contributed by atoms with E-state index in [1.165, 1.54) is 64.6 Å². The molecule has 0 aromatic heterocycles. The van der Waals surface area contributed by atoms with Crippen LogP contribution in [-0.2, 0) is 4.79 Å². The molecule has 2 atom stereocenters. The molecule has 0 bridgehead atoms. The largest absolute Gasteiger partial charge is 0.342 e. The van der Waals surface area contributed by atoms with Gasteiger partial charge in [0.05, 0.1) is 0 Å². The minimum atomic E-state index is 0.220. The van der Waals surface area contributed by atoms with E-state index in [9.17, 15) is 4.79 Å². The van der Waals surface area contributed by atoms with Crippen molar-refractivity contribution in [3.05, 3.63) is 0 Å². The number of nitrogens with zero attached hydrogens (tertiary/aromatic N) is 2. The molecule has 0 aromatic carbocycles. The number of hydrogen-bond acceptors (Lipinski definition) is 2. The molecule has 2 fully saturated rings. The van der Waals surface area contributed by atoms with E-state index in [-0.39, 0.29) is 5.92 Å². The predicted octanol–water partition coefficient (Wildman–Crippen LogP) is 4.56. The molecule has 3 nitrogen and oxygen atoms in total. The molecule has 1 spiro atoms. The number of amides is 1. The zero-order valence-electron chi connectivity index (χ0n) is 16.6. The van der Waals surface area contributed by atoms with Gasteiger partial charge in [0.25, 0.3) is 0 Å². The first kappa shape index (κ1) is 19.8. The van der Waals surface area contributed by atoms with Crippen LogP contribution in [0.1, 0.15) is 79.1 Å². The van der Waals surface area contributed by atoms with E-state index in [4.69, 9.17) is 0 Å². The molecule has 0 saturated carbocycles. The van der Waals surface area contributed by atoms with Crippen molar-refractivity contribution in [3.63, 3.8) is 0 Å². The van der Waals surface area contributed by atoms with Crippen molar-refractivity contribution in [3.8, 4) is 0 Å². The fourth-order valence-corrected chi connectivity index (χ4v) is 4.39. The third-order valence-corrected chi connectivity index (χ3v) is 6.53. The third kappa shape index (κ3) is 5.21. The van der Waals surface area contributed by atoms with Gasteiger partial charge in [0.1, 0.15) is 0 Å². The zero-order valence-corrected chi connectivity index (χ0v) is 16.6. The molecule has 2 unspecified atom stereocenters. The van der Waals surface area contributed by atoms with E-state index in [0.717, 1.165) is 25.4 Å². The highest BCUT2D eigenvalue weighted by Gasteiger charge is 2.45. The molecule has 2 aliphatic rings. The second-order valence-electron chi connectivity index (χ2n) is 8.73. The van der Waals surface area contributed by atoms with E-state index < -0.39 is 0 Å². The Bertz CT molecular complexity index is 379. The summed E-state index contributed by atoms with van der Waals surface area (Å²) in [6.07, 6.45) is 9.90. The Labute approximate surface area is 150 Å². The van der Waals surface area contributed by atoms with Gasteiger partial charge in [-0.2, -0.15) is 0 Å². The Morgan fingerprint density at radius 2 is 1.71 bits per heavy atom. The van der Waals surface area contributed by atoms with Gasteiger partial charge in [0, 0.05) is 32.1 Å². The monoisotopic (exact) mass is 336 g/mol. The van der Waals surface area contributed by atoms with Crippen LogP contribution >= 0.6 is 0 Å². The first-order chi connectivity index (χ1) is 11.5. The van der Waals surface area contributed by atoms with Crippen molar-refractivity contribution in [1.29, 1.82) is 0 Å². The van der Waals surface area contributed by atoms with Crippen LogP contribution in [0.5, 0.6) is 0 Å². The van der Waals surface area contributed by atoms with E-state index in [2.05, 4.69) is 37.5 Å². The van der Waals surface area contributed by atoms with Gasteiger partial charge in [-0.25, -0.2) is 0 Å². The fraction of sp³-hybridized carbons (Fsp3) is 0.952. The summed E-state index contributed by atoms with van der Waals surface area (Å²) in [5, 5.41) is 0. The first-order valence-electron chi connectivity index (χ1n) is 10.5. The van der Waals surface area contributed by atoms with Crippen LogP contribution < -0.4 is 0 Å². The molecular formula is C21H40N2O. The Hall–Kier alpha value is -0.570. The fourth-order valence-electron chi connectivity index (χ4n) is 4.39. The van der Waals surface area contributed by atoms with Crippen molar-refractivity contribution in [2.24, 2.45) is 17.3 Å². The number of rotatable bonds is 9. The summed E-state index contributed by atoms with van der Waals surface area (Å²) in [6.45, 7) is 14.8. The van der Waals surface area contributed by atoms with Crippen molar-refractivity contribution >= 4 is 5.91 Å². The summed E-state index contributed by atoms with van der Waals surface area (Å²) in [4.78, 5) is 17.3. The van der Waals surface area contributed by atoms with Gasteiger partial charge < -0.3 is 9.80 Å². The number of unbranched alkanes of at least 4 members (excludes halogenated alkanes) is 1. The summed E-state index contributed by atoms with van der Waals surface area (Å²) in [5.74, 6) is 1.50. The average molecular weight is 337 g/mol. The van der Waals surface area contributed by atoms with Crippen LogP contribution in [0.25, 0.3) is 0 Å². The second kappa shape index (κ2) is 9.22. The third-order valence-electron chi connectivity index (χ3n) is 6.53. The number of likely N-dealkylation sites (tertiary alicyclic amines) is 2. The molecule has 1 amide bonds. The molecule has 0 radical (unpaired) electrons. The molecule has 3 heteroatoms. The number of hydrogen-bond donors (Lipinski definition) is 0. The SMILES string of the molecule is CCCCC(C)C(=O)N1CCC2(CC1)CN(CCCC(C)CC)C2. The molecule has 0 N–H and O–H groups in total. The summed E-state index contributed by atoms with van der Waals surface area (Å²) in [5.41, 5.74) is 0.541. The van der Waals surface area contributed by atoms with Crippen LogP contribution in [0, 0.1) is 17.3 Å². The summed E-state index contributed by atoms with van der Waals surface area (Å²) < 4.78 is 0. The van der Waals surface area contributed by atoms with Crippen molar-refractivity contribution in [1.82, 2.24) is 9.80 Å². The van der Waals surface area contributed by atoms with Crippen LogP contribution in [-0.4, -0.2) is 48.4 Å². The van der Waals surface area contributed by atoms with Gasteiger partial charge in [-0.05, 0) is 50.0 Å². The molecule has 0 aromatic rings. The van der Waals surface area contributed by atoms with Crippen LogP contribution in [0.2, 0.25) is 0 Å². The molecule has 2 heterocycles. The lowest BCUT2D eigenvalue weighted by Crippen LogP contribution is -2.61. The Balaban J connectivity index is 1.64. The highest BCUT2D eigenvalue weighted by atomic mass is 16.2. The molecular weight excluding hydrogens is 296 g/mol. The summed E-state index contributed by atoms with van der Waals surface area (Å²) in [7, 11) is 0. The molecule has 0 aliphatic carbocycles. The van der Waals surface area contributed by atoms with E-state index in [1.54, 1.807) is 0 Å². The topological polar surface area (TPSA) is 23.6 Å². The lowest BCUT2D eigenvalue weighted by atomic mass is 9.71. The zero-order chi connectivity index (χ0) is 17.6. The summed E-state index contributed by atoms with van der Waals surface area (Å²) >= 11 is 0. The smallest absolute Gasteiger partial charge is 0.225 e. The first-order valence-corrected chi connectivity index (χ1v) is 10.5. The minimum absolute atomic E-state index is 0.220. The molecule has 2 aliphatic heterocycles. The Morgan fingerprint density at radius 3 is 2.29 bits per heavy atom. The van der Waals surface area contributed by atoms with Crippen molar-refractivity contribution in [2.45, 2.75) is 79.1 Å². The van der Waals surface area contributed by atoms with E-state index >= 15 is 0 Å². The van der Waals surface area contributed by atoms with Crippen LogP contribution in [0.15, 0.2) is 0 Å². The lowest BCUT2D eigenvalue weighted by molar-refractivity contribution is -0.140. The summed E-state index contributed by atoms with van der Waals surface area (Å²) in [6, 6.07) is 0. The number of carbonyl (C=O) groups is 1. The van der Waals surface area contributed by atoms with Gasteiger partial charge in [-0.3, -0.25) is 4.79 Å². The Kier molecular flexibility index (Phi) is 7.59. The van der Waals surface area contributed by atoms with Crippen LogP contribution in [0.3, 0.4) is 0 Å². The normalized spacial score (nSPS) is 23.1. The average Bonchev–Trinajstić information content (AvgIpc) is 2.57. The maximum atomic E-state index is 12.5. The predicted molar refractivity (Wildman–Crippen MR) is 102 cm³/mol. The van der Waals surface area contributed by atoms with Gasteiger partial charge >= 0.3 is 0 Å². The number of carbonyl (C=O) groups excluding carboxylic acids is 1. The van der Waals surface area contributed by atoms with Crippen LogP contribution in [0.4, 0.5) is 0 Å². The standard InChI is InChI=1S/C21H40N2O/c1-5-7-10-19(4)20(24)23-14-11-21(12-15-23)16-22(17-21)13-8-9-18(3)6-2/h18-19H,5-17H2,1-4H3. The Morgan fingerprint density at radius 1 is 1.04 bits per heavy atom. The maximum Gasteiger partial charge on any atom is 0.225 e. The molecule has 2 saturated heterocycles. The maximum absolute atomic E-state index is 12.5. The minimum Gasteiger partial charge on any atom is -0.342 e. The van der Waals surface area contributed by atoms with E-state index in [1.807, 2.05) is 0 Å². The molecule has 2 rings (SSSR count). The van der Waals surface area contributed by atoms with E-state index in [0.29, 0.717) is 11.3 Å². The lowest BCUT2D eigenvalue weighted by Gasteiger charge is -2.54.